The van der Waals surface area contributed by atoms with E-state index in [1.807, 2.05) is 0 Å². The summed E-state index contributed by atoms with van der Waals surface area (Å²) >= 11 is 16.7. The minimum Gasteiger partial charge on any atom is -0.347 e. The maximum absolute atomic E-state index is 12.0. The lowest BCUT2D eigenvalue weighted by molar-refractivity contribution is 0.0855. The average molecular weight is 309 g/mol. The number of rotatable bonds is 3. The number of halogens is 3. The predicted octanol–water partition coefficient (Wildman–Crippen LogP) is 3.56. The molecule has 1 aromatic rings. The Labute approximate surface area is 120 Å². The maximum Gasteiger partial charge on any atom is 0.255 e. The zero-order valence-corrected chi connectivity index (χ0v) is 12.0. The van der Waals surface area contributed by atoms with E-state index in [9.17, 15) is 9.59 Å². The topological polar surface area (TPSA) is 39.1 Å². The Morgan fingerprint density at radius 3 is 2.39 bits per heavy atom. The highest BCUT2D eigenvalue weighted by Crippen LogP contribution is 2.33. The number of carbonyl (C=O) groups is 2. The molecule has 1 saturated carbocycles. The van der Waals surface area contributed by atoms with Crippen LogP contribution in [0, 0.1) is 5.92 Å². The van der Waals surface area contributed by atoms with E-state index in [0.717, 1.165) is 19.3 Å². The van der Waals surface area contributed by atoms with Gasteiger partial charge in [-0.25, -0.2) is 0 Å². The summed E-state index contributed by atoms with van der Waals surface area (Å²) < 4.78 is -0.473. The smallest absolute Gasteiger partial charge is 0.255 e. The van der Waals surface area contributed by atoms with Crippen LogP contribution in [0.25, 0.3) is 0 Å². The molecule has 0 N–H and O–H groups in total. The Morgan fingerprint density at radius 2 is 1.94 bits per heavy atom. The molecule has 0 amide bonds. The zero-order chi connectivity index (χ0) is 13.5. The molecule has 0 spiro atoms. The number of nitrogens with zero attached hydrogens (tertiary/aromatic N) is 1. The Bertz CT molecular complexity index is 498. The van der Waals surface area contributed by atoms with Crippen molar-refractivity contribution in [1.82, 2.24) is 4.57 Å². The summed E-state index contributed by atoms with van der Waals surface area (Å²) in [5.41, 5.74) is 0.748. The van der Waals surface area contributed by atoms with Gasteiger partial charge in [0.1, 0.15) is 0 Å². The molecule has 0 aromatic carbocycles. The molecule has 0 bridgehead atoms. The monoisotopic (exact) mass is 307 g/mol. The minimum atomic E-state index is -2.00. The molecule has 18 heavy (non-hydrogen) atoms. The van der Waals surface area contributed by atoms with Gasteiger partial charge in [0.15, 0.2) is 5.78 Å². The van der Waals surface area contributed by atoms with Crippen molar-refractivity contribution in [1.29, 1.82) is 0 Å². The normalized spacial score (nSPS) is 16.4. The summed E-state index contributed by atoms with van der Waals surface area (Å²) in [5.74, 6) is -0.467. The summed E-state index contributed by atoms with van der Waals surface area (Å²) in [5, 5.41) is 0. The maximum atomic E-state index is 12.0. The first-order chi connectivity index (χ1) is 8.30. The molecule has 0 radical (unpaired) electrons. The van der Waals surface area contributed by atoms with Gasteiger partial charge < -0.3 is 4.57 Å². The molecule has 2 rings (SSSR count). The quantitative estimate of drug-likeness (QED) is 0.632. The Kier molecular flexibility index (Phi) is 3.77. The largest absolute Gasteiger partial charge is 0.347 e. The van der Waals surface area contributed by atoms with Gasteiger partial charge in [0.2, 0.25) is 5.78 Å². The van der Waals surface area contributed by atoms with E-state index in [2.05, 4.69) is 0 Å². The molecular formula is C12H12Cl3NO2. The van der Waals surface area contributed by atoms with Crippen molar-refractivity contribution in [3.05, 3.63) is 23.5 Å². The summed E-state index contributed by atoms with van der Waals surface area (Å²) in [4.78, 5) is 23.9. The van der Waals surface area contributed by atoms with Crippen LogP contribution in [-0.4, -0.2) is 19.9 Å². The third-order valence-corrected chi connectivity index (χ3v) is 3.77. The van der Waals surface area contributed by atoms with Gasteiger partial charge in [-0.15, -0.1) is 0 Å². The lowest BCUT2D eigenvalue weighted by Gasteiger charge is -2.23. The molecule has 1 aliphatic carbocycles. The second-order valence-electron chi connectivity index (χ2n) is 4.54. The van der Waals surface area contributed by atoms with E-state index in [0.29, 0.717) is 5.56 Å². The SMILES string of the molecule is Cn1cc(C(=O)C2CCC2)cc1C(=O)C(Cl)(Cl)Cl. The zero-order valence-electron chi connectivity index (χ0n) is 9.75. The van der Waals surface area contributed by atoms with Crippen LogP contribution >= 0.6 is 34.8 Å². The van der Waals surface area contributed by atoms with Crippen LogP contribution < -0.4 is 0 Å². The number of alkyl halides is 3. The molecule has 0 saturated heterocycles. The number of aryl methyl sites for hydroxylation is 1. The first kappa shape index (κ1) is 13.9. The van der Waals surface area contributed by atoms with E-state index in [4.69, 9.17) is 34.8 Å². The molecule has 1 aliphatic rings. The Hall–Kier alpha value is -0.510. The van der Waals surface area contributed by atoms with Gasteiger partial charge in [-0.2, -0.15) is 0 Å². The fourth-order valence-corrected chi connectivity index (χ4v) is 2.27. The minimum absolute atomic E-state index is 0.0696. The van der Waals surface area contributed by atoms with Crippen LogP contribution in [0.5, 0.6) is 0 Å². The van der Waals surface area contributed by atoms with Crippen molar-refractivity contribution in [2.24, 2.45) is 13.0 Å². The second-order valence-corrected chi connectivity index (χ2v) is 6.83. The summed E-state index contributed by atoms with van der Waals surface area (Å²) in [7, 11) is 1.65. The Morgan fingerprint density at radius 1 is 1.33 bits per heavy atom. The predicted molar refractivity (Wildman–Crippen MR) is 71.7 cm³/mol. The molecular weight excluding hydrogens is 296 g/mol. The van der Waals surface area contributed by atoms with Gasteiger partial charge in [0, 0.05) is 24.7 Å². The summed E-state index contributed by atoms with van der Waals surface area (Å²) in [6, 6.07) is 1.50. The fraction of sp³-hybridized carbons (Fsp3) is 0.500. The number of aromatic nitrogens is 1. The highest BCUT2D eigenvalue weighted by Gasteiger charge is 2.35. The Balaban J connectivity index is 2.26. The highest BCUT2D eigenvalue weighted by molar-refractivity contribution is 6.77. The standard InChI is InChI=1S/C12H12Cl3NO2/c1-16-6-8(10(17)7-3-2-4-7)5-9(16)11(18)12(13,14)15/h5-7H,2-4H2,1H3. The lowest BCUT2D eigenvalue weighted by atomic mass is 9.80. The van der Waals surface area contributed by atoms with Crippen LogP contribution in [0.1, 0.15) is 40.1 Å². The number of hydrogen-bond acceptors (Lipinski definition) is 2. The van der Waals surface area contributed by atoms with Gasteiger partial charge >= 0.3 is 0 Å². The highest BCUT2D eigenvalue weighted by atomic mass is 35.6. The molecule has 1 heterocycles. The lowest BCUT2D eigenvalue weighted by Crippen LogP contribution is -2.22. The van der Waals surface area contributed by atoms with Gasteiger partial charge in [0.05, 0.1) is 5.69 Å². The van der Waals surface area contributed by atoms with Gasteiger partial charge in [-0.1, -0.05) is 41.2 Å². The van der Waals surface area contributed by atoms with Crippen LogP contribution in [0.15, 0.2) is 12.3 Å². The first-order valence-electron chi connectivity index (χ1n) is 5.63. The van der Waals surface area contributed by atoms with Crippen molar-refractivity contribution in [3.63, 3.8) is 0 Å². The van der Waals surface area contributed by atoms with Gasteiger partial charge in [-0.05, 0) is 18.9 Å². The van der Waals surface area contributed by atoms with E-state index in [-0.39, 0.29) is 17.4 Å². The summed E-state index contributed by atoms with van der Waals surface area (Å²) in [6.07, 6.45) is 4.54. The molecule has 0 aliphatic heterocycles. The molecule has 0 unspecified atom stereocenters. The number of ketones is 2. The fourth-order valence-electron chi connectivity index (χ4n) is 1.98. The van der Waals surface area contributed by atoms with Crippen molar-refractivity contribution in [2.75, 3.05) is 0 Å². The molecule has 3 nitrogen and oxygen atoms in total. The first-order valence-corrected chi connectivity index (χ1v) is 6.76. The molecule has 0 atom stereocenters. The number of carbonyl (C=O) groups excluding carboxylic acids is 2. The molecule has 1 fully saturated rings. The molecule has 6 heteroatoms. The van der Waals surface area contributed by atoms with Crippen LogP contribution in [0.2, 0.25) is 0 Å². The van der Waals surface area contributed by atoms with E-state index >= 15 is 0 Å². The van der Waals surface area contributed by atoms with E-state index < -0.39 is 9.58 Å². The summed E-state index contributed by atoms with van der Waals surface area (Å²) in [6.45, 7) is 0. The van der Waals surface area contributed by atoms with Crippen LogP contribution in [0.3, 0.4) is 0 Å². The van der Waals surface area contributed by atoms with Crippen LogP contribution in [0.4, 0.5) is 0 Å². The molecule has 98 valence electrons. The average Bonchev–Trinajstić information content (AvgIpc) is 2.55. The van der Waals surface area contributed by atoms with Crippen molar-refractivity contribution >= 4 is 46.4 Å². The molecule has 1 aromatic heterocycles. The van der Waals surface area contributed by atoms with Gasteiger partial charge in [-0.3, -0.25) is 9.59 Å². The van der Waals surface area contributed by atoms with Crippen molar-refractivity contribution in [2.45, 2.75) is 23.1 Å². The van der Waals surface area contributed by atoms with Crippen LogP contribution in [-0.2, 0) is 7.05 Å². The second kappa shape index (κ2) is 4.87. The van der Waals surface area contributed by atoms with Crippen molar-refractivity contribution < 1.29 is 9.59 Å². The number of Topliss-reactive ketones (excluding diaryl/α,β-unsaturated/α-hetero) is 2. The van der Waals surface area contributed by atoms with Crippen molar-refractivity contribution in [3.8, 4) is 0 Å². The third-order valence-electron chi connectivity index (χ3n) is 3.26. The third kappa shape index (κ3) is 2.58. The number of hydrogen-bond donors (Lipinski definition) is 0. The van der Waals surface area contributed by atoms with Gasteiger partial charge in [0.25, 0.3) is 3.79 Å². The van der Waals surface area contributed by atoms with E-state index in [1.165, 1.54) is 10.6 Å². The van der Waals surface area contributed by atoms with E-state index in [1.54, 1.807) is 13.2 Å².